The van der Waals surface area contributed by atoms with Crippen LogP contribution in [0.25, 0.3) is 17.3 Å². The van der Waals surface area contributed by atoms with Crippen LogP contribution in [-0.2, 0) is 29.7 Å². The van der Waals surface area contributed by atoms with Gasteiger partial charge in [-0.1, -0.05) is 0 Å². The second-order valence-electron chi connectivity index (χ2n) is 9.64. The van der Waals surface area contributed by atoms with Gasteiger partial charge in [0.2, 0.25) is 11.6 Å². The van der Waals surface area contributed by atoms with Gasteiger partial charge in [0.15, 0.2) is 5.82 Å². The highest BCUT2D eigenvalue weighted by Gasteiger charge is 2.50. The summed E-state index contributed by atoms with van der Waals surface area (Å²) in [5, 5.41) is 6.85. The van der Waals surface area contributed by atoms with Gasteiger partial charge in [0.1, 0.15) is 17.2 Å². The molecular formula is C23H21F4N9O3S. The number of imidazole rings is 1. The van der Waals surface area contributed by atoms with E-state index < -0.39 is 40.3 Å². The molecule has 0 spiro atoms. The predicted octanol–water partition coefficient (Wildman–Crippen LogP) is 2.30. The van der Waals surface area contributed by atoms with Gasteiger partial charge in [0.25, 0.3) is 5.91 Å². The van der Waals surface area contributed by atoms with E-state index in [0.29, 0.717) is 22.7 Å². The Kier molecular flexibility index (Phi) is 6.10. The van der Waals surface area contributed by atoms with Crippen molar-refractivity contribution in [1.29, 1.82) is 0 Å². The average molecular weight is 580 g/mol. The van der Waals surface area contributed by atoms with Crippen molar-refractivity contribution in [2.24, 2.45) is 0 Å². The fourth-order valence-electron chi connectivity index (χ4n) is 4.49. The van der Waals surface area contributed by atoms with Crippen LogP contribution in [0.1, 0.15) is 51.9 Å². The lowest BCUT2D eigenvalue weighted by atomic mass is 10.2. The van der Waals surface area contributed by atoms with E-state index in [1.807, 2.05) is 6.92 Å². The Morgan fingerprint density at radius 1 is 1.15 bits per heavy atom. The summed E-state index contributed by atoms with van der Waals surface area (Å²) in [6, 6.07) is 1.14. The summed E-state index contributed by atoms with van der Waals surface area (Å²) < 4.78 is 80.4. The highest BCUT2D eigenvalue weighted by Crippen LogP contribution is 2.41. The zero-order chi connectivity index (χ0) is 28.4. The number of hydrogen-bond donors (Lipinski definition) is 1. The van der Waals surface area contributed by atoms with Gasteiger partial charge in [-0.25, -0.2) is 37.4 Å². The van der Waals surface area contributed by atoms with Crippen molar-refractivity contribution in [3.8, 4) is 11.5 Å². The number of alkyl halides is 3. The molecule has 6 rings (SSSR count). The fourth-order valence-corrected chi connectivity index (χ4v) is 5.39. The number of carbonyl (C=O) groups excluding carboxylic acids is 1. The van der Waals surface area contributed by atoms with Crippen LogP contribution in [0, 0.1) is 12.7 Å². The quantitative estimate of drug-likeness (QED) is 0.343. The topological polar surface area (TPSA) is 140 Å². The summed E-state index contributed by atoms with van der Waals surface area (Å²) in [6.45, 7) is 0.493. The first kappa shape index (κ1) is 26.2. The number of aryl methyl sites for hydroxylation is 1. The lowest BCUT2D eigenvalue weighted by Crippen LogP contribution is -2.44. The van der Waals surface area contributed by atoms with Crippen molar-refractivity contribution in [3.05, 3.63) is 58.8 Å². The van der Waals surface area contributed by atoms with Gasteiger partial charge < -0.3 is 5.32 Å². The molecule has 210 valence electrons. The van der Waals surface area contributed by atoms with Gasteiger partial charge in [-0.2, -0.15) is 17.5 Å². The van der Waals surface area contributed by atoms with Crippen LogP contribution in [0.3, 0.4) is 0 Å². The minimum atomic E-state index is -5.54. The molecule has 40 heavy (non-hydrogen) atoms. The molecule has 12 nitrogen and oxygen atoms in total. The number of rotatable bonds is 6. The number of amides is 1. The smallest absolute Gasteiger partial charge is 0.347 e. The molecule has 1 aliphatic carbocycles. The van der Waals surface area contributed by atoms with Crippen LogP contribution >= 0.6 is 0 Å². The molecule has 0 radical (unpaired) electrons. The monoisotopic (exact) mass is 579 g/mol. The molecule has 0 unspecified atom stereocenters. The fraction of sp³-hybridized carbons (Fsp3) is 0.391. The van der Waals surface area contributed by atoms with E-state index >= 15 is 4.39 Å². The van der Waals surface area contributed by atoms with Crippen LogP contribution < -0.4 is 5.32 Å². The summed E-state index contributed by atoms with van der Waals surface area (Å²) in [4.78, 5) is 30.0. The normalized spacial score (nSPS) is 16.3. The number of sulfonamides is 1. The number of pyridine rings is 1. The summed E-state index contributed by atoms with van der Waals surface area (Å²) >= 11 is 0. The average Bonchev–Trinajstić information content (AvgIpc) is 3.54. The summed E-state index contributed by atoms with van der Waals surface area (Å²) in [7, 11) is -5.54. The number of aromatic nitrogens is 7. The maximum atomic E-state index is 15.0. The summed E-state index contributed by atoms with van der Waals surface area (Å²) in [5.74, 6) is -0.872. The minimum absolute atomic E-state index is 0.0446. The standard InChI is InChI=1S/C23H21F4N9O3S/c1-12-7-30-22-32-17(14-2-3-14)19(35(22)10-12)21(37)29-9-13-6-15(24)18(28-8-13)20-31-16-11-34(4-5-36(16)33-20)40(38,39)23(25,26)27/h6-8,10,14H,2-5,9,11H2,1H3,(H,29,37). The molecule has 1 saturated carbocycles. The first-order chi connectivity index (χ1) is 18.9. The molecule has 0 saturated heterocycles. The molecule has 1 amide bonds. The number of fused-ring (bicyclic) bond motifs is 2. The maximum Gasteiger partial charge on any atom is 0.511 e. The second-order valence-corrected chi connectivity index (χ2v) is 11.6. The SMILES string of the molecule is Cc1cnc2nc(C3CC3)c(C(=O)NCc3cnc(-c4nc5n(n4)CCN(S(=O)(=O)C(F)(F)F)C5)c(F)c3)n2c1. The van der Waals surface area contributed by atoms with Gasteiger partial charge in [0, 0.05) is 37.6 Å². The lowest BCUT2D eigenvalue weighted by molar-refractivity contribution is -0.0496. The first-order valence-corrected chi connectivity index (χ1v) is 13.6. The van der Waals surface area contributed by atoms with E-state index in [0.717, 1.165) is 24.5 Å². The number of halogens is 4. The molecule has 17 heteroatoms. The second kappa shape index (κ2) is 9.29. The van der Waals surface area contributed by atoms with Gasteiger partial charge in [-0.05, 0) is 37.0 Å². The number of nitrogens with one attached hydrogen (secondary N) is 1. The van der Waals surface area contributed by atoms with Crippen molar-refractivity contribution in [2.45, 2.75) is 50.8 Å². The largest absolute Gasteiger partial charge is 0.511 e. The molecule has 1 aliphatic heterocycles. The maximum absolute atomic E-state index is 15.0. The Bertz CT molecular complexity index is 1760. The third-order valence-corrected chi connectivity index (χ3v) is 8.21. The van der Waals surface area contributed by atoms with Gasteiger partial charge in [-0.3, -0.25) is 9.20 Å². The zero-order valence-electron chi connectivity index (χ0n) is 20.9. The molecule has 4 aromatic heterocycles. The molecule has 0 atom stereocenters. The van der Waals surface area contributed by atoms with Gasteiger partial charge in [0.05, 0.1) is 18.8 Å². The summed E-state index contributed by atoms with van der Waals surface area (Å²) in [5.41, 5.74) is -3.46. The van der Waals surface area contributed by atoms with E-state index in [-0.39, 0.29) is 40.7 Å². The van der Waals surface area contributed by atoms with E-state index in [4.69, 9.17) is 0 Å². The van der Waals surface area contributed by atoms with Gasteiger partial charge in [-0.15, -0.1) is 5.10 Å². The molecule has 2 aliphatic rings. The molecule has 0 aromatic carbocycles. The first-order valence-electron chi connectivity index (χ1n) is 12.2. The summed E-state index contributed by atoms with van der Waals surface area (Å²) in [6.07, 6.45) is 6.63. The minimum Gasteiger partial charge on any atom is -0.347 e. The molecule has 5 heterocycles. The lowest BCUT2D eigenvalue weighted by Gasteiger charge is -2.26. The molecular weight excluding hydrogens is 558 g/mol. The zero-order valence-corrected chi connectivity index (χ0v) is 21.7. The Hall–Kier alpha value is -3.99. The van der Waals surface area contributed by atoms with Crippen LogP contribution in [0.5, 0.6) is 0 Å². The van der Waals surface area contributed by atoms with E-state index in [1.54, 1.807) is 16.8 Å². The van der Waals surface area contributed by atoms with Crippen LogP contribution in [0.15, 0.2) is 24.7 Å². The van der Waals surface area contributed by atoms with Crippen molar-refractivity contribution in [2.75, 3.05) is 6.54 Å². The highest BCUT2D eigenvalue weighted by molar-refractivity contribution is 7.89. The predicted molar refractivity (Wildman–Crippen MR) is 129 cm³/mol. The number of carbonyl (C=O) groups is 1. The molecule has 1 N–H and O–H groups in total. The Morgan fingerprint density at radius 2 is 1.93 bits per heavy atom. The Morgan fingerprint density at radius 3 is 2.62 bits per heavy atom. The molecule has 4 aromatic rings. The Labute approximate surface area is 224 Å². The molecule has 0 bridgehead atoms. The number of nitrogens with zero attached hydrogens (tertiary/aromatic N) is 8. The Balaban J connectivity index is 1.19. The van der Waals surface area contributed by atoms with Crippen LogP contribution in [0.2, 0.25) is 0 Å². The highest BCUT2D eigenvalue weighted by atomic mass is 32.2. The van der Waals surface area contributed by atoms with Crippen molar-refractivity contribution >= 4 is 21.7 Å². The van der Waals surface area contributed by atoms with E-state index in [1.165, 1.54) is 10.9 Å². The van der Waals surface area contributed by atoms with Crippen LogP contribution in [-0.4, -0.2) is 64.8 Å². The third-order valence-electron chi connectivity index (χ3n) is 6.64. The third kappa shape index (κ3) is 4.57. The van der Waals surface area contributed by atoms with E-state index in [2.05, 4.69) is 30.4 Å². The number of hydrogen-bond acceptors (Lipinski definition) is 8. The van der Waals surface area contributed by atoms with Gasteiger partial charge >= 0.3 is 15.5 Å². The van der Waals surface area contributed by atoms with Crippen molar-refractivity contribution in [3.63, 3.8) is 0 Å². The van der Waals surface area contributed by atoms with Crippen molar-refractivity contribution in [1.82, 2.24) is 43.7 Å². The van der Waals surface area contributed by atoms with Crippen molar-refractivity contribution < 1.29 is 30.8 Å². The molecule has 1 fully saturated rings. The van der Waals surface area contributed by atoms with Crippen LogP contribution in [0.4, 0.5) is 17.6 Å². The van der Waals surface area contributed by atoms with E-state index in [9.17, 15) is 26.4 Å².